The van der Waals surface area contributed by atoms with Gasteiger partial charge in [0.25, 0.3) is 0 Å². The number of unbranched alkanes of at least 4 members (excludes halogenated alkanes) is 2. The fourth-order valence-corrected chi connectivity index (χ4v) is 3.45. The molecule has 0 aliphatic rings. The van der Waals surface area contributed by atoms with Crippen molar-refractivity contribution in [3.63, 3.8) is 0 Å². The summed E-state index contributed by atoms with van der Waals surface area (Å²) < 4.78 is 6.20. The summed E-state index contributed by atoms with van der Waals surface area (Å²) in [5.41, 5.74) is 0.0522. The minimum atomic E-state index is -2.23. The second kappa shape index (κ2) is 8.89. The maximum atomic E-state index is 10.4. The highest BCUT2D eigenvalue weighted by Gasteiger charge is 2.33. The third-order valence-electron chi connectivity index (χ3n) is 3.34. The molecule has 18 heavy (non-hydrogen) atoms. The molecule has 3 heteroatoms. The standard InChI is InChI=1S/C15H32O2Si/c1-7-9-10-12-15(18(5,6)16)17-14(11-8-2)13(3)4/h8,13-16H,2,7,9-12H2,1,3-6H3/t14-,15+/m1/s1. The summed E-state index contributed by atoms with van der Waals surface area (Å²) in [4.78, 5) is 10.4. The molecule has 0 amide bonds. The van der Waals surface area contributed by atoms with Crippen LogP contribution in [-0.4, -0.2) is 24.9 Å². The van der Waals surface area contributed by atoms with Crippen LogP contribution in [0.2, 0.25) is 13.1 Å². The molecule has 0 aromatic carbocycles. The molecule has 0 radical (unpaired) electrons. The van der Waals surface area contributed by atoms with Gasteiger partial charge in [-0.2, -0.15) is 0 Å². The number of hydrogen-bond acceptors (Lipinski definition) is 2. The Hall–Kier alpha value is -0.123. The van der Waals surface area contributed by atoms with Crippen LogP contribution in [0.4, 0.5) is 0 Å². The van der Waals surface area contributed by atoms with E-state index in [1.807, 2.05) is 19.2 Å². The molecule has 0 heterocycles. The van der Waals surface area contributed by atoms with E-state index in [9.17, 15) is 4.80 Å². The molecule has 0 aromatic heterocycles. The summed E-state index contributed by atoms with van der Waals surface area (Å²) in [6, 6.07) is 0. The van der Waals surface area contributed by atoms with E-state index in [1.165, 1.54) is 12.8 Å². The SMILES string of the molecule is C=CC[C@@H](O[C@H](CCCCC)[Si](C)(C)O)C(C)C. The van der Waals surface area contributed by atoms with Crippen LogP contribution in [0.5, 0.6) is 0 Å². The molecule has 0 saturated heterocycles. The van der Waals surface area contributed by atoms with Gasteiger partial charge in [0.1, 0.15) is 0 Å². The predicted molar refractivity (Wildman–Crippen MR) is 82.2 cm³/mol. The topological polar surface area (TPSA) is 29.5 Å². The van der Waals surface area contributed by atoms with Gasteiger partial charge in [0.15, 0.2) is 0 Å². The molecule has 0 bridgehead atoms. The second-order valence-electron chi connectivity index (χ2n) is 6.08. The van der Waals surface area contributed by atoms with Crippen molar-refractivity contribution in [1.82, 2.24) is 0 Å². The van der Waals surface area contributed by atoms with Crippen LogP contribution in [0.1, 0.15) is 52.9 Å². The molecular formula is C15H32O2Si. The summed E-state index contributed by atoms with van der Waals surface area (Å²) in [7, 11) is -2.23. The molecule has 0 aliphatic heterocycles. The van der Waals surface area contributed by atoms with Gasteiger partial charge in [0.2, 0.25) is 8.32 Å². The number of hydrogen-bond donors (Lipinski definition) is 1. The van der Waals surface area contributed by atoms with E-state index >= 15 is 0 Å². The molecule has 0 unspecified atom stereocenters. The first-order chi connectivity index (χ1) is 8.32. The highest BCUT2D eigenvalue weighted by molar-refractivity contribution is 6.71. The molecule has 0 saturated carbocycles. The van der Waals surface area contributed by atoms with Crippen molar-refractivity contribution in [3.8, 4) is 0 Å². The van der Waals surface area contributed by atoms with Gasteiger partial charge < -0.3 is 9.53 Å². The van der Waals surface area contributed by atoms with Crippen molar-refractivity contribution in [3.05, 3.63) is 12.7 Å². The van der Waals surface area contributed by atoms with Gasteiger partial charge >= 0.3 is 0 Å². The maximum absolute atomic E-state index is 10.4. The Morgan fingerprint density at radius 2 is 1.89 bits per heavy atom. The summed E-state index contributed by atoms with van der Waals surface area (Å²) in [6.45, 7) is 14.3. The van der Waals surface area contributed by atoms with Crippen LogP contribution >= 0.6 is 0 Å². The average Bonchev–Trinajstić information content (AvgIpc) is 2.25. The van der Waals surface area contributed by atoms with Crippen molar-refractivity contribution >= 4 is 8.32 Å². The van der Waals surface area contributed by atoms with Gasteiger partial charge in [-0.05, 0) is 31.9 Å². The van der Waals surface area contributed by atoms with Gasteiger partial charge in [0, 0.05) is 0 Å². The van der Waals surface area contributed by atoms with Crippen molar-refractivity contribution in [2.24, 2.45) is 5.92 Å². The Kier molecular flexibility index (Phi) is 8.83. The molecule has 2 atom stereocenters. The Morgan fingerprint density at radius 3 is 2.28 bits per heavy atom. The van der Waals surface area contributed by atoms with Crippen molar-refractivity contribution in [2.75, 3.05) is 0 Å². The summed E-state index contributed by atoms with van der Waals surface area (Å²) in [5.74, 6) is 0.466. The lowest BCUT2D eigenvalue weighted by molar-refractivity contribution is -0.0107. The number of rotatable bonds is 10. The maximum Gasteiger partial charge on any atom is 0.210 e. The van der Waals surface area contributed by atoms with Gasteiger partial charge in [-0.15, -0.1) is 6.58 Å². The summed E-state index contributed by atoms with van der Waals surface area (Å²) in [5, 5.41) is 0. The molecule has 0 aliphatic carbocycles. The Morgan fingerprint density at radius 1 is 1.28 bits per heavy atom. The van der Waals surface area contributed by atoms with E-state index in [1.54, 1.807) is 0 Å². The lowest BCUT2D eigenvalue weighted by Gasteiger charge is -2.32. The largest absolute Gasteiger partial charge is 0.430 e. The first kappa shape index (κ1) is 17.9. The van der Waals surface area contributed by atoms with E-state index in [0.29, 0.717) is 5.92 Å². The first-order valence-electron chi connectivity index (χ1n) is 7.31. The normalized spacial score (nSPS) is 15.7. The molecular weight excluding hydrogens is 240 g/mol. The van der Waals surface area contributed by atoms with Crippen LogP contribution in [0, 0.1) is 5.92 Å². The fraction of sp³-hybridized carbons (Fsp3) is 0.867. The lowest BCUT2D eigenvalue weighted by atomic mass is 10.0. The van der Waals surface area contributed by atoms with Crippen LogP contribution in [-0.2, 0) is 4.74 Å². The lowest BCUT2D eigenvalue weighted by Crippen LogP contribution is -2.46. The van der Waals surface area contributed by atoms with Crippen LogP contribution in [0.15, 0.2) is 12.7 Å². The quantitative estimate of drug-likeness (QED) is 0.365. The molecule has 0 rings (SSSR count). The third kappa shape index (κ3) is 7.34. The first-order valence-corrected chi connectivity index (χ1v) is 10.3. The van der Waals surface area contributed by atoms with Crippen LogP contribution in [0.3, 0.4) is 0 Å². The smallest absolute Gasteiger partial charge is 0.210 e. The Bertz CT molecular complexity index is 221. The minimum absolute atomic E-state index is 0.0522. The van der Waals surface area contributed by atoms with E-state index in [4.69, 9.17) is 4.74 Å². The zero-order valence-corrected chi connectivity index (χ0v) is 13.9. The Labute approximate surface area is 115 Å². The molecule has 0 spiro atoms. The third-order valence-corrected chi connectivity index (χ3v) is 5.34. The van der Waals surface area contributed by atoms with Gasteiger partial charge in [-0.25, -0.2) is 0 Å². The average molecular weight is 273 g/mol. The zero-order valence-electron chi connectivity index (χ0n) is 12.9. The van der Waals surface area contributed by atoms with E-state index < -0.39 is 8.32 Å². The molecule has 108 valence electrons. The van der Waals surface area contributed by atoms with Gasteiger partial charge in [-0.1, -0.05) is 46.1 Å². The molecule has 2 nitrogen and oxygen atoms in total. The predicted octanol–water partition coefficient (Wildman–Crippen LogP) is 4.29. The van der Waals surface area contributed by atoms with E-state index in [0.717, 1.165) is 19.3 Å². The van der Waals surface area contributed by atoms with Gasteiger partial charge in [-0.3, -0.25) is 0 Å². The number of ether oxygens (including phenoxy) is 1. The van der Waals surface area contributed by atoms with Crippen LogP contribution in [0.25, 0.3) is 0 Å². The Balaban J connectivity index is 4.49. The van der Waals surface area contributed by atoms with Gasteiger partial charge in [0.05, 0.1) is 11.8 Å². The minimum Gasteiger partial charge on any atom is -0.430 e. The monoisotopic (exact) mass is 272 g/mol. The van der Waals surface area contributed by atoms with Crippen molar-refractivity contribution in [2.45, 2.75) is 77.8 Å². The molecule has 0 fully saturated rings. The van der Waals surface area contributed by atoms with E-state index in [2.05, 4.69) is 27.4 Å². The van der Waals surface area contributed by atoms with Crippen LogP contribution < -0.4 is 0 Å². The highest BCUT2D eigenvalue weighted by Crippen LogP contribution is 2.22. The fourth-order valence-electron chi connectivity index (χ4n) is 2.03. The molecule has 1 N–H and O–H groups in total. The zero-order chi connectivity index (χ0) is 14.2. The second-order valence-corrected chi connectivity index (χ2v) is 10.0. The van der Waals surface area contributed by atoms with Crippen molar-refractivity contribution in [1.29, 1.82) is 0 Å². The molecule has 0 aromatic rings. The van der Waals surface area contributed by atoms with E-state index in [-0.39, 0.29) is 11.8 Å². The summed E-state index contributed by atoms with van der Waals surface area (Å²) >= 11 is 0. The highest BCUT2D eigenvalue weighted by atomic mass is 28.4. The van der Waals surface area contributed by atoms with Crippen molar-refractivity contribution < 1.29 is 9.53 Å². The summed E-state index contributed by atoms with van der Waals surface area (Å²) in [6.07, 6.45) is 7.54.